The highest BCUT2D eigenvalue weighted by atomic mass is 16.4. The second-order valence-electron chi connectivity index (χ2n) is 5.85. The first-order valence-electron chi connectivity index (χ1n) is 7.66. The number of aromatic nitrogens is 2. The number of carboxylic acids is 1. The molecule has 0 unspecified atom stereocenters. The molecule has 1 amide bonds. The van der Waals surface area contributed by atoms with Gasteiger partial charge in [-0.1, -0.05) is 0 Å². The maximum Gasteiger partial charge on any atom is 0.335 e. The summed E-state index contributed by atoms with van der Waals surface area (Å²) in [4.78, 5) is 29.6. The Labute approximate surface area is 134 Å². The predicted octanol–water partition coefficient (Wildman–Crippen LogP) is 2.14. The molecular weight excluding hydrogens is 294 g/mol. The minimum absolute atomic E-state index is 0.0415. The fourth-order valence-corrected chi connectivity index (χ4v) is 3.05. The van der Waals surface area contributed by atoms with Crippen LogP contribution < -0.4 is 0 Å². The van der Waals surface area contributed by atoms with Crippen LogP contribution in [0, 0.1) is 0 Å². The van der Waals surface area contributed by atoms with Gasteiger partial charge < -0.3 is 14.6 Å². The molecule has 1 aromatic carbocycles. The second-order valence-corrected chi connectivity index (χ2v) is 5.85. The van der Waals surface area contributed by atoms with Crippen molar-refractivity contribution in [2.45, 2.75) is 18.8 Å². The predicted molar refractivity (Wildman–Crippen MR) is 84.5 cm³/mol. The first-order valence-corrected chi connectivity index (χ1v) is 7.66. The Morgan fingerprint density at radius 2 is 1.74 bits per heavy atom. The number of carboxylic acid groups (broad SMARTS) is 1. The van der Waals surface area contributed by atoms with Crippen LogP contribution in [0.5, 0.6) is 0 Å². The SMILES string of the molecule is Cn1ccnc1C1CCN(C(=O)c2ccc(C(=O)O)cc2)CC1. The van der Waals surface area contributed by atoms with Gasteiger partial charge in [0.1, 0.15) is 5.82 Å². The molecule has 1 fully saturated rings. The van der Waals surface area contributed by atoms with Crippen molar-refractivity contribution >= 4 is 11.9 Å². The van der Waals surface area contributed by atoms with Crippen LogP contribution >= 0.6 is 0 Å². The Morgan fingerprint density at radius 1 is 1.13 bits per heavy atom. The minimum atomic E-state index is -0.986. The Balaban J connectivity index is 1.64. The molecule has 1 aliphatic heterocycles. The number of aromatic carboxylic acids is 1. The lowest BCUT2D eigenvalue weighted by molar-refractivity contribution is 0.0688. The third kappa shape index (κ3) is 3.11. The van der Waals surface area contributed by atoms with E-state index in [0.717, 1.165) is 18.7 Å². The molecule has 0 radical (unpaired) electrons. The number of aryl methyl sites for hydroxylation is 1. The van der Waals surface area contributed by atoms with Gasteiger partial charge in [0.2, 0.25) is 0 Å². The average molecular weight is 313 g/mol. The second kappa shape index (κ2) is 6.24. The summed E-state index contributed by atoms with van der Waals surface area (Å²) in [5.41, 5.74) is 0.723. The van der Waals surface area contributed by atoms with E-state index in [1.54, 1.807) is 18.3 Å². The van der Waals surface area contributed by atoms with E-state index >= 15 is 0 Å². The summed E-state index contributed by atoms with van der Waals surface area (Å²) in [5.74, 6) is 0.427. The van der Waals surface area contributed by atoms with Crippen LogP contribution in [0.3, 0.4) is 0 Å². The first kappa shape index (κ1) is 15.3. The molecule has 2 aromatic rings. The zero-order valence-corrected chi connectivity index (χ0v) is 13.0. The number of nitrogens with zero attached hydrogens (tertiary/aromatic N) is 3. The number of carbonyl (C=O) groups is 2. The quantitative estimate of drug-likeness (QED) is 0.942. The van der Waals surface area contributed by atoms with Gasteiger partial charge in [-0.3, -0.25) is 4.79 Å². The van der Waals surface area contributed by atoms with E-state index in [0.29, 0.717) is 24.6 Å². The Hall–Kier alpha value is -2.63. The maximum absolute atomic E-state index is 12.5. The van der Waals surface area contributed by atoms with Crippen molar-refractivity contribution in [1.82, 2.24) is 14.5 Å². The third-order valence-electron chi connectivity index (χ3n) is 4.38. The molecule has 0 saturated carbocycles. The molecule has 0 spiro atoms. The summed E-state index contributed by atoms with van der Waals surface area (Å²) in [6.45, 7) is 1.38. The minimum Gasteiger partial charge on any atom is -0.478 e. The monoisotopic (exact) mass is 313 g/mol. The molecule has 1 aliphatic rings. The molecule has 1 N–H and O–H groups in total. The molecule has 3 rings (SSSR count). The number of rotatable bonds is 3. The van der Waals surface area contributed by atoms with Crippen LogP contribution in [0.4, 0.5) is 0 Å². The average Bonchev–Trinajstić information content (AvgIpc) is 3.00. The van der Waals surface area contributed by atoms with E-state index in [4.69, 9.17) is 5.11 Å². The molecule has 0 aliphatic carbocycles. The van der Waals surface area contributed by atoms with Crippen molar-refractivity contribution in [3.63, 3.8) is 0 Å². The van der Waals surface area contributed by atoms with Crippen molar-refractivity contribution in [1.29, 1.82) is 0 Å². The maximum atomic E-state index is 12.5. The van der Waals surface area contributed by atoms with E-state index in [-0.39, 0.29) is 11.5 Å². The number of hydrogen-bond acceptors (Lipinski definition) is 3. The Morgan fingerprint density at radius 3 is 2.26 bits per heavy atom. The van der Waals surface area contributed by atoms with Gasteiger partial charge in [-0.15, -0.1) is 0 Å². The summed E-state index contributed by atoms with van der Waals surface area (Å²) >= 11 is 0. The van der Waals surface area contributed by atoms with E-state index in [1.807, 2.05) is 22.7 Å². The molecule has 23 heavy (non-hydrogen) atoms. The first-order chi connectivity index (χ1) is 11.1. The van der Waals surface area contributed by atoms with Crippen LogP contribution in [0.2, 0.25) is 0 Å². The van der Waals surface area contributed by atoms with Crippen molar-refractivity contribution in [3.05, 3.63) is 53.6 Å². The lowest BCUT2D eigenvalue weighted by atomic mass is 9.95. The van der Waals surface area contributed by atoms with Crippen molar-refractivity contribution in [3.8, 4) is 0 Å². The van der Waals surface area contributed by atoms with Gasteiger partial charge in [0.15, 0.2) is 0 Å². The summed E-state index contributed by atoms with van der Waals surface area (Å²) in [6.07, 6.45) is 5.53. The van der Waals surface area contributed by atoms with Gasteiger partial charge in [0.25, 0.3) is 5.91 Å². The number of benzene rings is 1. The smallest absolute Gasteiger partial charge is 0.335 e. The van der Waals surface area contributed by atoms with Crippen LogP contribution in [0.15, 0.2) is 36.7 Å². The van der Waals surface area contributed by atoms with E-state index in [1.165, 1.54) is 12.1 Å². The summed E-state index contributed by atoms with van der Waals surface area (Å²) in [7, 11) is 1.99. The number of hydrogen-bond donors (Lipinski definition) is 1. The molecule has 1 aromatic heterocycles. The van der Waals surface area contributed by atoms with Crippen LogP contribution in [0.25, 0.3) is 0 Å². The number of carbonyl (C=O) groups excluding carboxylic acids is 1. The zero-order valence-electron chi connectivity index (χ0n) is 13.0. The van der Waals surface area contributed by atoms with E-state index in [2.05, 4.69) is 4.98 Å². The lowest BCUT2D eigenvalue weighted by Crippen LogP contribution is -2.38. The van der Waals surface area contributed by atoms with Gasteiger partial charge in [-0.25, -0.2) is 9.78 Å². The van der Waals surface area contributed by atoms with Gasteiger partial charge in [0, 0.05) is 44.0 Å². The Kier molecular flexibility index (Phi) is 4.14. The number of likely N-dealkylation sites (tertiary alicyclic amines) is 1. The van der Waals surface area contributed by atoms with Crippen LogP contribution in [0.1, 0.15) is 45.3 Å². The molecule has 6 heteroatoms. The molecule has 120 valence electrons. The highest BCUT2D eigenvalue weighted by Crippen LogP contribution is 2.27. The van der Waals surface area contributed by atoms with Crippen LogP contribution in [-0.2, 0) is 7.05 Å². The highest BCUT2D eigenvalue weighted by Gasteiger charge is 2.26. The lowest BCUT2D eigenvalue weighted by Gasteiger charge is -2.31. The van der Waals surface area contributed by atoms with E-state index in [9.17, 15) is 9.59 Å². The number of piperidine rings is 1. The van der Waals surface area contributed by atoms with Gasteiger partial charge in [-0.2, -0.15) is 0 Å². The van der Waals surface area contributed by atoms with Gasteiger partial charge in [0.05, 0.1) is 5.56 Å². The fraction of sp³-hybridized carbons (Fsp3) is 0.353. The largest absolute Gasteiger partial charge is 0.478 e. The van der Waals surface area contributed by atoms with Crippen LogP contribution in [-0.4, -0.2) is 44.5 Å². The third-order valence-corrected chi connectivity index (χ3v) is 4.38. The molecule has 1 saturated heterocycles. The molecule has 6 nitrogen and oxygen atoms in total. The summed E-state index contributed by atoms with van der Waals surface area (Å²) in [6, 6.07) is 6.10. The standard InChI is InChI=1S/C17H19N3O3/c1-19-11-8-18-15(19)12-6-9-20(10-7-12)16(21)13-2-4-14(5-3-13)17(22)23/h2-5,8,11-12H,6-7,9-10H2,1H3,(H,22,23). The van der Waals surface area contributed by atoms with Crippen molar-refractivity contribution < 1.29 is 14.7 Å². The fourth-order valence-electron chi connectivity index (χ4n) is 3.05. The normalized spacial score (nSPS) is 15.6. The molecular formula is C17H19N3O3. The van der Waals surface area contributed by atoms with E-state index < -0.39 is 5.97 Å². The van der Waals surface area contributed by atoms with Crippen molar-refractivity contribution in [2.24, 2.45) is 7.05 Å². The summed E-state index contributed by atoms with van der Waals surface area (Å²) in [5, 5.41) is 8.90. The van der Waals surface area contributed by atoms with Gasteiger partial charge in [-0.05, 0) is 37.1 Å². The molecule has 0 bridgehead atoms. The number of imidazole rings is 1. The molecule has 2 heterocycles. The van der Waals surface area contributed by atoms with Gasteiger partial charge >= 0.3 is 5.97 Å². The van der Waals surface area contributed by atoms with Crippen molar-refractivity contribution in [2.75, 3.05) is 13.1 Å². The highest BCUT2D eigenvalue weighted by molar-refractivity contribution is 5.96. The number of amides is 1. The summed E-state index contributed by atoms with van der Waals surface area (Å²) < 4.78 is 2.03. The topological polar surface area (TPSA) is 75.4 Å². The Bertz CT molecular complexity index is 713. The zero-order chi connectivity index (χ0) is 16.4. The molecule has 0 atom stereocenters.